The minimum Gasteiger partial charge on any atom is -0.378 e. The monoisotopic (exact) mass is 354 g/mol. The molecule has 1 saturated carbocycles. The van der Waals surface area contributed by atoms with Gasteiger partial charge >= 0.3 is 0 Å². The molecule has 0 saturated heterocycles. The fourth-order valence-electron chi connectivity index (χ4n) is 3.55. The summed E-state index contributed by atoms with van der Waals surface area (Å²) in [5, 5.41) is 0. The maximum Gasteiger partial charge on any atom is 0.271 e. The van der Waals surface area contributed by atoms with Crippen molar-refractivity contribution in [3.8, 4) is 0 Å². The van der Waals surface area contributed by atoms with E-state index < -0.39 is 11.9 Å². The average molecular weight is 354 g/mol. The lowest BCUT2D eigenvalue weighted by Crippen LogP contribution is -2.21. The molecule has 140 valence electrons. The second-order valence-electron chi connectivity index (χ2n) is 6.97. The van der Waals surface area contributed by atoms with Gasteiger partial charge < -0.3 is 4.74 Å². The van der Waals surface area contributed by atoms with Crippen molar-refractivity contribution in [2.45, 2.75) is 76.7 Å². The summed E-state index contributed by atoms with van der Waals surface area (Å²) in [6.45, 7) is 3.05. The normalized spacial score (nSPS) is 20.5. The largest absolute Gasteiger partial charge is 0.378 e. The Labute approximate surface area is 149 Å². The zero-order valence-electron chi connectivity index (χ0n) is 15.1. The van der Waals surface area contributed by atoms with Gasteiger partial charge in [0.25, 0.3) is 6.08 Å². The lowest BCUT2D eigenvalue weighted by molar-refractivity contribution is 0.0226. The first-order valence-electron chi connectivity index (χ1n) is 9.54. The molecule has 2 rings (SSSR count). The molecular formula is C21H29F3O. The Morgan fingerprint density at radius 1 is 1.08 bits per heavy atom. The van der Waals surface area contributed by atoms with Gasteiger partial charge in [-0.25, -0.2) is 4.39 Å². The number of unbranched alkanes of at least 4 members (excludes halogenated alkanes) is 4. The van der Waals surface area contributed by atoms with E-state index in [1.165, 1.54) is 37.8 Å². The minimum absolute atomic E-state index is 0.0520. The summed E-state index contributed by atoms with van der Waals surface area (Å²) in [4.78, 5) is 0. The highest BCUT2D eigenvalue weighted by atomic mass is 19.3. The van der Waals surface area contributed by atoms with E-state index in [4.69, 9.17) is 4.74 Å². The van der Waals surface area contributed by atoms with Crippen LogP contribution in [0.4, 0.5) is 13.2 Å². The molecule has 1 aliphatic carbocycles. The molecule has 1 aromatic rings. The molecule has 0 amide bonds. The van der Waals surface area contributed by atoms with Gasteiger partial charge in [0, 0.05) is 18.2 Å². The number of hydrogen-bond acceptors (Lipinski definition) is 1. The third-order valence-electron chi connectivity index (χ3n) is 5.04. The molecule has 1 aliphatic rings. The van der Waals surface area contributed by atoms with E-state index in [9.17, 15) is 13.2 Å². The summed E-state index contributed by atoms with van der Waals surface area (Å²) in [7, 11) is 0. The Morgan fingerprint density at radius 3 is 2.44 bits per heavy atom. The fraction of sp³-hybridized carbons (Fsp3) is 0.619. The van der Waals surface area contributed by atoms with E-state index in [2.05, 4.69) is 6.92 Å². The second kappa shape index (κ2) is 10.6. The van der Waals surface area contributed by atoms with Gasteiger partial charge in [-0.15, -0.1) is 0 Å². The van der Waals surface area contributed by atoms with Gasteiger partial charge in [0.15, 0.2) is 0 Å². The van der Waals surface area contributed by atoms with E-state index in [1.807, 2.05) is 0 Å². The van der Waals surface area contributed by atoms with E-state index in [-0.39, 0.29) is 5.56 Å². The van der Waals surface area contributed by atoms with Gasteiger partial charge in [0.05, 0.1) is 6.10 Å². The topological polar surface area (TPSA) is 9.23 Å². The Bertz CT molecular complexity index is 544. The molecule has 0 N–H and O–H groups in total. The molecule has 0 radical (unpaired) electrons. The van der Waals surface area contributed by atoms with Crippen molar-refractivity contribution in [1.82, 2.24) is 0 Å². The molecule has 1 aromatic carbocycles. The molecule has 1 nitrogen and oxygen atoms in total. The molecule has 0 unspecified atom stereocenters. The smallest absolute Gasteiger partial charge is 0.271 e. The molecular weight excluding hydrogens is 325 g/mol. The third kappa shape index (κ3) is 6.85. The zero-order valence-corrected chi connectivity index (χ0v) is 15.1. The summed E-state index contributed by atoms with van der Waals surface area (Å²) in [6, 6.07) is 4.63. The van der Waals surface area contributed by atoms with Crippen LogP contribution in [0.3, 0.4) is 0 Å². The highest BCUT2D eigenvalue weighted by Crippen LogP contribution is 2.35. The maximum atomic E-state index is 13.9. The van der Waals surface area contributed by atoms with Crippen LogP contribution in [0, 0.1) is 5.82 Å². The first-order chi connectivity index (χ1) is 12.1. The number of hydrogen-bond donors (Lipinski definition) is 0. The van der Waals surface area contributed by atoms with Crippen molar-refractivity contribution >= 4 is 6.08 Å². The Balaban J connectivity index is 1.74. The Kier molecular flexibility index (Phi) is 8.53. The highest BCUT2D eigenvalue weighted by Gasteiger charge is 2.23. The second-order valence-corrected chi connectivity index (χ2v) is 6.97. The predicted molar refractivity (Wildman–Crippen MR) is 96.3 cm³/mol. The number of ether oxygens (including phenoxy) is 1. The van der Waals surface area contributed by atoms with Crippen LogP contribution in [-0.2, 0) is 4.74 Å². The molecule has 25 heavy (non-hydrogen) atoms. The van der Waals surface area contributed by atoms with E-state index in [0.717, 1.165) is 44.3 Å². The lowest BCUT2D eigenvalue weighted by Gasteiger charge is -2.29. The van der Waals surface area contributed by atoms with Crippen LogP contribution in [0.1, 0.15) is 81.8 Å². The highest BCUT2D eigenvalue weighted by molar-refractivity contribution is 5.51. The van der Waals surface area contributed by atoms with Gasteiger partial charge in [-0.1, -0.05) is 44.7 Å². The van der Waals surface area contributed by atoms with Gasteiger partial charge in [0.1, 0.15) is 5.82 Å². The molecule has 0 aliphatic heterocycles. The van der Waals surface area contributed by atoms with E-state index in [1.54, 1.807) is 6.07 Å². The van der Waals surface area contributed by atoms with Gasteiger partial charge in [0.2, 0.25) is 0 Å². The Morgan fingerprint density at radius 2 is 1.80 bits per heavy atom. The Hall–Kier alpha value is -1.29. The molecule has 0 bridgehead atoms. The number of halogens is 3. The average Bonchev–Trinajstić information content (AvgIpc) is 2.60. The van der Waals surface area contributed by atoms with Crippen molar-refractivity contribution in [3.05, 3.63) is 41.2 Å². The van der Waals surface area contributed by atoms with E-state index in [0.29, 0.717) is 18.1 Å². The first-order valence-corrected chi connectivity index (χ1v) is 9.54. The van der Waals surface area contributed by atoms with Crippen molar-refractivity contribution in [2.24, 2.45) is 0 Å². The first kappa shape index (κ1) is 20.0. The number of rotatable bonds is 9. The lowest BCUT2D eigenvalue weighted by atomic mass is 9.82. The molecule has 0 spiro atoms. The fourth-order valence-corrected chi connectivity index (χ4v) is 3.55. The number of benzene rings is 1. The van der Waals surface area contributed by atoms with Crippen LogP contribution in [0.5, 0.6) is 0 Å². The summed E-state index contributed by atoms with van der Waals surface area (Å²) in [5.41, 5.74) is 0.857. The zero-order chi connectivity index (χ0) is 18.1. The van der Waals surface area contributed by atoms with Crippen molar-refractivity contribution in [1.29, 1.82) is 0 Å². The molecule has 4 heteroatoms. The quantitative estimate of drug-likeness (QED) is 0.431. The molecule has 1 fully saturated rings. The van der Waals surface area contributed by atoms with Crippen molar-refractivity contribution in [2.75, 3.05) is 6.61 Å². The molecule has 0 heterocycles. The van der Waals surface area contributed by atoms with Gasteiger partial charge in [-0.05, 0) is 49.7 Å². The van der Waals surface area contributed by atoms with Gasteiger partial charge in [-0.3, -0.25) is 0 Å². The van der Waals surface area contributed by atoms with Crippen molar-refractivity contribution < 1.29 is 17.9 Å². The van der Waals surface area contributed by atoms with Crippen LogP contribution < -0.4 is 0 Å². The van der Waals surface area contributed by atoms with Crippen LogP contribution in [0.2, 0.25) is 0 Å². The predicted octanol–water partition coefficient (Wildman–Crippen LogP) is 7.08. The van der Waals surface area contributed by atoms with Crippen LogP contribution in [0.15, 0.2) is 24.3 Å². The van der Waals surface area contributed by atoms with Crippen LogP contribution in [-0.4, -0.2) is 12.7 Å². The molecule has 0 aromatic heterocycles. The summed E-state index contributed by atoms with van der Waals surface area (Å²) >= 11 is 0. The van der Waals surface area contributed by atoms with Crippen molar-refractivity contribution in [3.63, 3.8) is 0 Å². The maximum absolute atomic E-state index is 13.9. The summed E-state index contributed by atoms with van der Waals surface area (Å²) in [5.74, 6) is -0.275. The molecule has 0 atom stereocenters. The third-order valence-corrected chi connectivity index (χ3v) is 5.04. The summed E-state index contributed by atoms with van der Waals surface area (Å²) in [6.07, 6.45) is 9.13. The van der Waals surface area contributed by atoms with Crippen LogP contribution in [0.25, 0.3) is 6.08 Å². The standard InChI is InChI=1S/C21H29F3O/c1-2-3-4-5-6-13-25-19-11-9-16(10-12-19)17-7-8-18(15-21(23)24)20(22)14-17/h7-8,14-16,19H,2-6,9-13H2,1H3/t16-,19-. The minimum atomic E-state index is -1.88. The summed E-state index contributed by atoms with van der Waals surface area (Å²) < 4.78 is 44.4. The SMILES string of the molecule is CCCCCCCO[C@H]1CC[C@H](c2ccc(C=C(F)F)c(F)c2)CC1. The van der Waals surface area contributed by atoms with Crippen LogP contribution >= 0.6 is 0 Å². The van der Waals surface area contributed by atoms with Gasteiger partial charge in [-0.2, -0.15) is 8.78 Å². The van der Waals surface area contributed by atoms with E-state index >= 15 is 0 Å².